The summed E-state index contributed by atoms with van der Waals surface area (Å²) < 4.78 is 3.26. The van der Waals surface area contributed by atoms with Gasteiger partial charge in [-0.15, -0.1) is 0 Å². The van der Waals surface area contributed by atoms with Crippen LogP contribution in [-0.2, 0) is 7.05 Å². The van der Waals surface area contributed by atoms with Crippen LogP contribution in [0.25, 0.3) is 16.8 Å². The average Bonchev–Trinajstić information content (AvgIpc) is 3.30. The fourth-order valence-electron chi connectivity index (χ4n) is 4.00. The highest BCUT2D eigenvalue weighted by Gasteiger charge is 2.27. The molecule has 0 aromatic carbocycles. The van der Waals surface area contributed by atoms with Crippen molar-refractivity contribution in [3.8, 4) is 0 Å². The summed E-state index contributed by atoms with van der Waals surface area (Å²) in [5.41, 5.74) is 2.14. The predicted molar refractivity (Wildman–Crippen MR) is 110 cm³/mol. The molecule has 1 N–H and O–H groups in total. The Labute approximate surface area is 170 Å². The minimum absolute atomic E-state index is 0.154. The van der Waals surface area contributed by atoms with Crippen LogP contribution >= 0.6 is 0 Å². The first-order chi connectivity index (χ1) is 14.4. The van der Waals surface area contributed by atoms with Crippen molar-refractivity contribution in [2.45, 2.75) is 13.8 Å². The highest BCUT2D eigenvalue weighted by Crippen LogP contribution is 2.21. The zero-order valence-electron chi connectivity index (χ0n) is 17.0. The quantitative estimate of drug-likeness (QED) is 0.507. The lowest BCUT2D eigenvalue weighted by Gasteiger charge is -2.36. The molecule has 1 aliphatic rings. The van der Waals surface area contributed by atoms with E-state index in [1.165, 1.54) is 6.33 Å². The van der Waals surface area contributed by atoms with Gasteiger partial charge in [0.2, 0.25) is 0 Å². The van der Waals surface area contributed by atoms with Crippen LogP contribution in [0.5, 0.6) is 0 Å². The molecular weight excluding hydrogens is 386 g/mol. The van der Waals surface area contributed by atoms with Crippen LogP contribution in [0.2, 0.25) is 0 Å². The Morgan fingerprint density at radius 3 is 2.57 bits per heavy atom. The molecule has 0 saturated carbocycles. The lowest BCUT2D eigenvalue weighted by atomic mass is 10.1. The number of aromatic nitrogens is 7. The van der Waals surface area contributed by atoms with Gasteiger partial charge in [-0.1, -0.05) is 0 Å². The van der Waals surface area contributed by atoms with E-state index >= 15 is 0 Å². The third kappa shape index (κ3) is 2.81. The van der Waals surface area contributed by atoms with Gasteiger partial charge in [0.15, 0.2) is 5.65 Å². The molecular formula is C19H21N9O2. The van der Waals surface area contributed by atoms with Crippen LogP contribution in [0.3, 0.4) is 0 Å². The first-order valence-corrected chi connectivity index (χ1v) is 9.70. The lowest BCUT2D eigenvalue weighted by Crippen LogP contribution is -2.49. The summed E-state index contributed by atoms with van der Waals surface area (Å²) >= 11 is 0. The average molecular weight is 407 g/mol. The molecule has 0 radical (unpaired) electrons. The van der Waals surface area contributed by atoms with Gasteiger partial charge in [0.1, 0.15) is 12.1 Å². The maximum atomic E-state index is 13.3. The van der Waals surface area contributed by atoms with E-state index < -0.39 is 0 Å². The molecule has 0 aliphatic carbocycles. The lowest BCUT2D eigenvalue weighted by molar-refractivity contribution is 0.0748. The van der Waals surface area contributed by atoms with E-state index in [1.807, 2.05) is 19.9 Å². The smallest absolute Gasteiger partial charge is 0.274 e. The molecule has 11 nitrogen and oxygen atoms in total. The van der Waals surface area contributed by atoms with Crippen LogP contribution in [0, 0.1) is 13.8 Å². The topological polar surface area (TPSA) is 117 Å². The molecule has 1 fully saturated rings. The molecule has 4 aromatic rings. The third-order valence-electron chi connectivity index (χ3n) is 5.42. The molecule has 0 unspecified atom stereocenters. The molecule has 30 heavy (non-hydrogen) atoms. The number of aromatic amines is 1. The number of rotatable bonds is 2. The Morgan fingerprint density at radius 2 is 1.80 bits per heavy atom. The molecule has 11 heteroatoms. The fourth-order valence-corrected chi connectivity index (χ4v) is 4.00. The summed E-state index contributed by atoms with van der Waals surface area (Å²) in [6.07, 6.45) is 1.49. The van der Waals surface area contributed by atoms with Gasteiger partial charge >= 0.3 is 0 Å². The van der Waals surface area contributed by atoms with Gasteiger partial charge in [0.05, 0.1) is 10.9 Å². The number of carbonyl (C=O) groups is 1. The van der Waals surface area contributed by atoms with E-state index in [9.17, 15) is 9.59 Å². The summed E-state index contributed by atoms with van der Waals surface area (Å²) in [6.45, 7) is 6.09. The highest BCUT2D eigenvalue weighted by molar-refractivity contribution is 6.05. The highest BCUT2D eigenvalue weighted by atomic mass is 16.2. The molecule has 154 valence electrons. The molecule has 5 rings (SSSR count). The first-order valence-electron chi connectivity index (χ1n) is 9.70. The zero-order valence-corrected chi connectivity index (χ0v) is 17.0. The molecule has 0 atom stereocenters. The number of hydrogen-bond donors (Lipinski definition) is 1. The number of hydrogen-bond acceptors (Lipinski definition) is 7. The zero-order chi connectivity index (χ0) is 21.0. The van der Waals surface area contributed by atoms with Gasteiger partial charge in [-0.2, -0.15) is 14.6 Å². The largest absolute Gasteiger partial charge is 0.353 e. The van der Waals surface area contributed by atoms with Gasteiger partial charge in [-0.3, -0.25) is 19.4 Å². The van der Waals surface area contributed by atoms with Crippen LogP contribution in [-0.4, -0.2) is 71.3 Å². The van der Waals surface area contributed by atoms with E-state index in [4.69, 9.17) is 0 Å². The van der Waals surface area contributed by atoms with Gasteiger partial charge in [-0.25, -0.2) is 9.97 Å². The number of carbonyl (C=O) groups excluding carboxylic acids is 1. The van der Waals surface area contributed by atoms with Crippen LogP contribution in [0.4, 0.5) is 5.82 Å². The summed E-state index contributed by atoms with van der Waals surface area (Å²) in [5.74, 6) is 1.31. The third-order valence-corrected chi connectivity index (χ3v) is 5.42. The maximum Gasteiger partial charge on any atom is 0.274 e. The summed E-state index contributed by atoms with van der Waals surface area (Å²) in [6, 6.07) is 3.66. The number of H-pyrrole nitrogens is 1. The standard InChI is InChI=1S/C19H21N9O2/c1-11-8-13(15-16(22-11)25(3)24-17(15)29)18(30)27-6-4-26(5-7-27)14-9-12(2)23-19-20-10-21-28(14)19/h8-10H,4-7H2,1-3H3,(H,24,29). The Morgan fingerprint density at radius 1 is 1.07 bits per heavy atom. The van der Waals surface area contributed by atoms with Crippen molar-refractivity contribution in [2.24, 2.45) is 7.05 Å². The van der Waals surface area contributed by atoms with Crippen molar-refractivity contribution in [2.75, 3.05) is 31.1 Å². The predicted octanol–water partition coefficient (Wildman–Crippen LogP) is 0.279. The van der Waals surface area contributed by atoms with Crippen molar-refractivity contribution >= 4 is 28.5 Å². The van der Waals surface area contributed by atoms with Crippen molar-refractivity contribution in [1.29, 1.82) is 0 Å². The van der Waals surface area contributed by atoms with Crippen molar-refractivity contribution < 1.29 is 4.79 Å². The SMILES string of the molecule is Cc1cc(C(=O)N2CCN(c3cc(C)nc4ncnn34)CC2)c2c(=O)[nH]n(C)c2n1. The second kappa shape index (κ2) is 6.65. The van der Waals surface area contributed by atoms with Gasteiger partial charge in [-0.05, 0) is 19.9 Å². The fraction of sp³-hybridized carbons (Fsp3) is 0.368. The van der Waals surface area contributed by atoms with Crippen molar-refractivity contribution in [3.63, 3.8) is 0 Å². The molecule has 4 aromatic heterocycles. The Hall–Kier alpha value is -3.76. The second-order valence-electron chi connectivity index (χ2n) is 7.52. The minimum atomic E-state index is -0.303. The van der Waals surface area contributed by atoms with Gasteiger partial charge in [0.25, 0.3) is 17.2 Å². The first kappa shape index (κ1) is 18.3. The Balaban J connectivity index is 1.42. The van der Waals surface area contributed by atoms with Crippen molar-refractivity contribution in [1.82, 2.24) is 39.2 Å². The van der Waals surface area contributed by atoms with Crippen LogP contribution in [0.15, 0.2) is 23.3 Å². The summed E-state index contributed by atoms with van der Waals surface area (Å²) in [5, 5.41) is 7.29. The summed E-state index contributed by atoms with van der Waals surface area (Å²) in [7, 11) is 1.71. The van der Waals surface area contributed by atoms with E-state index in [2.05, 4.69) is 30.0 Å². The Kier molecular flexibility index (Phi) is 4.05. The van der Waals surface area contributed by atoms with E-state index in [0.29, 0.717) is 54.2 Å². The van der Waals surface area contributed by atoms with Gasteiger partial charge < -0.3 is 9.80 Å². The molecule has 5 heterocycles. The van der Waals surface area contributed by atoms with E-state index in [0.717, 1.165) is 11.5 Å². The summed E-state index contributed by atoms with van der Waals surface area (Å²) in [4.78, 5) is 42.5. The molecule has 1 amide bonds. The molecule has 0 spiro atoms. The van der Waals surface area contributed by atoms with E-state index in [-0.39, 0.29) is 11.5 Å². The number of fused-ring (bicyclic) bond motifs is 2. The number of nitrogens with one attached hydrogen (secondary N) is 1. The number of piperazine rings is 1. The van der Waals surface area contributed by atoms with Crippen LogP contribution < -0.4 is 10.5 Å². The molecule has 0 bridgehead atoms. The monoisotopic (exact) mass is 407 g/mol. The number of nitrogens with zero attached hydrogens (tertiary/aromatic N) is 8. The molecule has 1 saturated heterocycles. The normalized spacial score (nSPS) is 14.8. The number of aryl methyl sites for hydroxylation is 3. The molecule has 1 aliphatic heterocycles. The minimum Gasteiger partial charge on any atom is -0.353 e. The maximum absolute atomic E-state index is 13.3. The number of anilines is 1. The van der Waals surface area contributed by atoms with Gasteiger partial charge in [0, 0.05) is 50.7 Å². The van der Waals surface area contributed by atoms with Crippen LogP contribution in [0.1, 0.15) is 21.7 Å². The van der Waals surface area contributed by atoms with Crippen molar-refractivity contribution in [3.05, 3.63) is 45.8 Å². The Bertz CT molecular complexity index is 1340. The van der Waals surface area contributed by atoms with E-state index in [1.54, 1.807) is 27.2 Å². The number of pyridine rings is 1. The second-order valence-corrected chi connectivity index (χ2v) is 7.52. The number of amides is 1.